The van der Waals surface area contributed by atoms with Crippen molar-refractivity contribution in [1.29, 1.82) is 0 Å². The molecule has 14 nitrogen and oxygen atoms in total. The normalized spacial score (nSPS) is 13.8. The molecular formula is C44H56N4O10. The number of benzene rings is 3. The number of unbranched alkanes of at least 4 members (excludes halogenated alkanes) is 1. The summed E-state index contributed by atoms with van der Waals surface area (Å²) in [7, 11) is 1.30. The number of hydrogen-bond acceptors (Lipinski definition) is 11. The van der Waals surface area contributed by atoms with E-state index in [-0.39, 0.29) is 53.7 Å². The van der Waals surface area contributed by atoms with Crippen LogP contribution in [0.5, 0.6) is 5.75 Å². The highest BCUT2D eigenvalue weighted by molar-refractivity contribution is 6.07. The molecule has 0 saturated carbocycles. The molecule has 3 aromatic carbocycles. The maximum atomic E-state index is 13.6. The number of methoxy groups -OCH3 is 1. The number of esters is 1. The van der Waals surface area contributed by atoms with Crippen molar-refractivity contribution in [2.24, 2.45) is 28.0 Å². The first-order valence-electron chi connectivity index (χ1n) is 19.9. The van der Waals surface area contributed by atoms with E-state index in [2.05, 4.69) is 15.5 Å². The van der Waals surface area contributed by atoms with Crippen LogP contribution in [0.1, 0.15) is 103 Å². The zero-order valence-electron chi connectivity index (χ0n) is 34.1. The molecule has 312 valence electrons. The van der Waals surface area contributed by atoms with E-state index in [9.17, 15) is 39.2 Å². The number of non-ortho nitro benzene ring substituents is 1. The minimum Gasteiger partial charge on any atom is -0.494 e. The smallest absolute Gasteiger partial charge is 0.308 e. The van der Waals surface area contributed by atoms with Crippen molar-refractivity contribution in [3.63, 3.8) is 0 Å². The highest BCUT2D eigenvalue weighted by Crippen LogP contribution is 2.33. The van der Waals surface area contributed by atoms with Crippen LogP contribution >= 0.6 is 0 Å². The molecule has 5 atom stereocenters. The summed E-state index contributed by atoms with van der Waals surface area (Å²) in [4.78, 5) is 75.1. The van der Waals surface area contributed by atoms with Crippen molar-refractivity contribution in [3.8, 4) is 5.75 Å². The Bertz CT molecular complexity index is 1880. The van der Waals surface area contributed by atoms with Crippen LogP contribution in [0, 0.1) is 27.9 Å². The number of nitro benzene ring substituents is 1. The van der Waals surface area contributed by atoms with Gasteiger partial charge in [-0.05, 0) is 87.5 Å². The van der Waals surface area contributed by atoms with Gasteiger partial charge < -0.3 is 19.9 Å². The second-order valence-electron chi connectivity index (χ2n) is 14.5. The monoisotopic (exact) mass is 800 g/mol. The Morgan fingerprint density at radius 1 is 0.879 bits per heavy atom. The van der Waals surface area contributed by atoms with Gasteiger partial charge in [0.2, 0.25) is 5.91 Å². The predicted octanol–water partition coefficient (Wildman–Crippen LogP) is 9.23. The second kappa shape index (κ2) is 24.1. The van der Waals surface area contributed by atoms with E-state index in [4.69, 9.17) is 9.47 Å². The quantitative estimate of drug-likeness (QED) is 0.0197. The average molecular weight is 801 g/mol. The van der Waals surface area contributed by atoms with Crippen molar-refractivity contribution in [3.05, 3.63) is 94.0 Å². The number of carbonyl (C=O) groups excluding carboxylic acids is 4. The van der Waals surface area contributed by atoms with Gasteiger partial charge in [0.05, 0.1) is 36.5 Å². The van der Waals surface area contributed by atoms with E-state index in [1.165, 1.54) is 26.2 Å². The van der Waals surface area contributed by atoms with Crippen LogP contribution in [0.3, 0.4) is 0 Å². The van der Waals surface area contributed by atoms with Gasteiger partial charge in [-0.3, -0.25) is 34.1 Å². The highest BCUT2D eigenvalue weighted by Gasteiger charge is 2.27. The Morgan fingerprint density at radius 2 is 1.53 bits per heavy atom. The van der Waals surface area contributed by atoms with Gasteiger partial charge in [-0.15, -0.1) is 0 Å². The Kier molecular flexibility index (Phi) is 19.3. The zero-order chi connectivity index (χ0) is 42.6. The van der Waals surface area contributed by atoms with Gasteiger partial charge in [-0.2, -0.15) is 10.2 Å². The molecule has 0 fully saturated rings. The van der Waals surface area contributed by atoms with Gasteiger partial charge in [0.25, 0.3) is 5.69 Å². The molecule has 0 aliphatic heterocycles. The number of aliphatic carboxylic acids is 1. The van der Waals surface area contributed by atoms with Crippen LogP contribution in [0.15, 0.2) is 83.0 Å². The first-order valence-corrected chi connectivity index (χ1v) is 19.9. The van der Waals surface area contributed by atoms with Crippen molar-refractivity contribution in [2.75, 3.05) is 19.0 Å². The molecule has 3 rings (SSSR count). The number of carboxylic acid groups (broad SMARTS) is 1. The Labute approximate surface area is 340 Å². The number of nitrogens with one attached hydrogen (secondary N) is 1. The number of azo groups is 1. The van der Waals surface area contributed by atoms with Crippen molar-refractivity contribution >= 4 is 46.5 Å². The summed E-state index contributed by atoms with van der Waals surface area (Å²) < 4.78 is 10.6. The lowest BCUT2D eigenvalue weighted by atomic mass is 9.83. The lowest BCUT2D eigenvalue weighted by molar-refractivity contribution is -0.384. The predicted molar refractivity (Wildman–Crippen MR) is 219 cm³/mol. The fraction of sp³-hybridized carbons (Fsp3) is 0.477. The summed E-state index contributed by atoms with van der Waals surface area (Å²) in [5.74, 6) is -3.98. The number of ketones is 2. The number of hydrogen-bond donors (Lipinski definition) is 2. The average Bonchev–Trinajstić information content (AvgIpc) is 3.20. The fourth-order valence-corrected chi connectivity index (χ4v) is 6.62. The van der Waals surface area contributed by atoms with E-state index in [0.717, 1.165) is 24.5 Å². The summed E-state index contributed by atoms with van der Waals surface area (Å²) >= 11 is 0. The lowest BCUT2D eigenvalue weighted by Gasteiger charge is -2.22. The molecule has 0 heterocycles. The number of ether oxygens (including phenoxy) is 2. The largest absolute Gasteiger partial charge is 0.494 e. The fourth-order valence-electron chi connectivity index (χ4n) is 6.62. The molecular weight excluding hydrogens is 745 g/mol. The van der Waals surface area contributed by atoms with Crippen LogP contribution in [0.2, 0.25) is 0 Å². The molecule has 5 unspecified atom stereocenters. The van der Waals surface area contributed by atoms with E-state index in [1.807, 2.05) is 51.1 Å². The van der Waals surface area contributed by atoms with E-state index in [1.54, 1.807) is 24.3 Å². The van der Waals surface area contributed by atoms with Gasteiger partial charge in [0.15, 0.2) is 23.4 Å². The number of para-hydroxylation sites is 1. The topological polar surface area (TPSA) is 204 Å². The molecule has 0 spiro atoms. The zero-order valence-corrected chi connectivity index (χ0v) is 34.1. The molecule has 3 aromatic rings. The molecule has 0 aromatic heterocycles. The van der Waals surface area contributed by atoms with Crippen molar-refractivity contribution in [1.82, 2.24) is 0 Å². The molecule has 1 amide bonds. The van der Waals surface area contributed by atoms with Crippen LogP contribution in [-0.2, 0) is 35.1 Å². The van der Waals surface area contributed by atoms with Crippen LogP contribution in [-0.4, -0.2) is 59.2 Å². The number of nitro groups is 1. The van der Waals surface area contributed by atoms with Crippen molar-refractivity contribution < 1.29 is 43.5 Å². The van der Waals surface area contributed by atoms with Gasteiger partial charge >= 0.3 is 11.9 Å². The first kappa shape index (κ1) is 46.6. The maximum Gasteiger partial charge on any atom is 0.308 e. The summed E-state index contributed by atoms with van der Waals surface area (Å²) in [5.41, 5.74) is 1.78. The summed E-state index contributed by atoms with van der Waals surface area (Å²) in [6.45, 7) is 7.37. The molecule has 0 bridgehead atoms. The third-order valence-corrected chi connectivity index (χ3v) is 10.3. The third kappa shape index (κ3) is 14.6. The standard InChI is InChI=1S/C44H56N4O10/c1-6-8-26-58-44(54)29(3)18-19-33(32-14-10-9-11-15-32)21-23-34(43(52)53)22-20-31(7-2)42(51)45-37-17-13-12-16-35(37)27-39(50)41(30(4)49)47-46-38-25-24-36(48(55)56)28-40(38)57-5/h9-17,24-25,28-29,31,33-34,41H,6-8,18-23,26-27H2,1-5H3,(H,45,51)(H,52,53). The number of nitrogens with zero attached hydrogens (tertiary/aromatic N) is 3. The van der Waals surface area contributed by atoms with E-state index < -0.39 is 40.3 Å². The first-order chi connectivity index (χ1) is 27.8. The van der Waals surface area contributed by atoms with Crippen LogP contribution in [0.4, 0.5) is 17.1 Å². The molecule has 0 saturated heterocycles. The Balaban J connectivity index is 1.66. The number of amides is 1. The van der Waals surface area contributed by atoms with Gasteiger partial charge in [-0.25, -0.2) is 0 Å². The van der Waals surface area contributed by atoms with E-state index in [0.29, 0.717) is 56.4 Å². The Morgan fingerprint density at radius 3 is 2.17 bits per heavy atom. The molecule has 58 heavy (non-hydrogen) atoms. The second-order valence-corrected chi connectivity index (χ2v) is 14.5. The van der Waals surface area contributed by atoms with Gasteiger partial charge in [0, 0.05) is 24.1 Å². The number of Topliss-reactive ketones (excluding diaryl/α,β-unsaturated/α-hetero) is 2. The summed E-state index contributed by atoms with van der Waals surface area (Å²) in [6.07, 6.45) is 4.90. The summed E-state index contributed by atoms with van der Waals surface area (Å²) in [5, 5.41) is 32.2. The van der Waals surface area contributed by atoms with Gasteiger partial charge in [-0.1, -0.05) is 75.7 Å². The molecule has 14 heteroatoms. The van der Waals surface area contributed by atoms with Crippen LogP contribution in [0.25, 0.3) is 0 Å². The number of rotatable bonds is 26. The van der Waals surface area contributed by atoms with E-state index >= 15 is 0 Å². The minimum absolute atomic E-state index is 0.0421. The lowest BCUT2D eigenvalue weighted by Crippen LogP contribution is -2.28. The number of carboxylic acids is 1. The van der Waals surface area contributed by atoms with Gasteiger partial charge in [0.1, 0.15) is 5.69 Å². The molecule has 0 aliphatic carbocycles. The van der Waals surface area contributed by atoms with Crippen molar-refractivity contribution in [2.45, 2.75) is 104 Å². The molecule has 0 aliphatic rings. The number of carbonyl (C=O) groups is 5. The Hall–Kier alpha value is -5.79. The minimum atomic E-state index is -1.48. The summed E-state index contributed by atoms with van der Waals surface area (Å²) in [6, 6.07) is 18.8. The maximum absolute atomic E-state index is 13.6. The molecule has 2 N–H and O–H groups in total. The number of anilines is 1. The SMILES string of the molecule is CCCCOC(=O)C(C)CCC(CCC(CCC(CC)C(=O)Nc1ccccc1CC(=O)C(N=Nc1ccc([N+](=O)[O-])cc1OC)C(C)=O)C(=O)O)c1ccccc1. The molecule has 0 radical (unpaired) electrons. The third-order valence-electron chi connectivity index (χ3n) is 10.3. The van der Waals surface area contributed by atoms with Crippen LogP contribution < -0.4 is 10.1 Å². The highest BCUT2D eigenvalue weighted by atomic mass is 16.6.